The molecule has 0 bridgehead atoms. The maximum absolute atomic E-state index is 5.79. The van der Waals surface area contributed by atoms with E-state index in [9.17, 15) is 0 Å². The molecule has 2 unspecified atom stereocenters. The normalized spacial score (nSPS) is 18.6. The van der Waals surface area contributed by atoms with E-state index < -0.39 is 0 Å². The number of benzene rings is 1. The highest BCUT2D eigenvalue weighted by molar-refractivity contribution is 7.80. The molecule has 1 aromatic carbocycles. The van der Waals surface area contributed by atoms with Crippen LogP contribution in [0.25, 0.3) is 0 Å². The third kappa shape index (κ3) is 3.31. The van der Waals surface area contributed by atoms with Crippen LogP contribution in [0.3, 0.4) is 0 Å². The minimum Gasteiger partial charge on any atom is -0.497 e. The number of hydrogen-bond donors (Lipinski definition) is 1. The summed E-state index contributed by atoms with van der Waals surface area (Å²) in [5, 5.41) is 4.11. The molecule has 29 heavy (non-hydrogen) atoms. The Morgan fingerprint density at radius 1 is 1.07 bits per heavy atom. The molecule has 2 atom stereocenters. The molecule has 1 aliphatic rings. The second-order valence-corrected chi connectivity index (χ2v) is 7.38. The topological polar surface area (TPSA) is 51.5 Å². The molecule has 3 heterocycles. The lowest BCUT2D eigenvalue weighted by molar-refractivity contribution is 0.394. The summed E-state index contributed by atoms with van der Waals surface area (Å²) in [7, 11) is 5.37. The Morgan fingerprint density at radius 3 is 2.52 bits per heavy atom. The van der Waals surface area contributed by atoms with Gasteiger partial charge in [-0.1, -0.05) is 6.07 Å². The zero-order valence-corrected chi connectivity index (χ0v) is 17.7. The Kier molecular flexibility index (Phi) is 5.15. The SMILES string of the molecule is COc1ccc(N2C(=S)NC(c3ccccn3)C2c2ccc(C)n2C)c(OC)c1. The lowest BCUT2D eigenvalue weighted by Crippen LogP contribution is -2.30. The highest BCUT2D eigenvalue weighted by atomic mass is 32.1. The molecule has 150 valence electrons. The lowest BCUT2D eigenvalue weighted by Gasteiger charge is -2.29. The summed E-state index contributed by atoms with van der Waals surface area (Å²) >= 11 is 5.79. The maximum atomic E-state index is 5.79. The zero-order valence-electron chi connectivity index (χ0n) is 16.9. The summed E-state index contributed by atoms with van der Waals surface area (Å²) in [6.45, 7) is 2.10. The first kappa shape index (κ1) is 19.3. The lowest BCUT2D eigenvalue weighted by atomic mass is 10.0. The molecule has 1 N–H and O–H groups in total. The standard InChI is InChI=1S/C22H24N4O2S/c1-14-8-10-18(25(14)2)21-20(16-7-5-6-12-23-16)24-22(29)26(21)17-11-9-15(27-3)13-19(17)28-4/h5-13,20-21H,1-4H3,(H,24,29). The highest BCUT2D eigenvalue weighted by Crippen LogP contribution is 2.45. The van der Waals surface area contributed by atoms with Gasteiger partial charge < -0.3 is 24.3 Å². The van der Waals surface area contributed by atoms with Crippen LogP contribution in [-0.2, 0) is 7.05 Å². The van der Waals surface area contributed by atoms with Gasteiger partial charge in [0.05, 0.1) is 31.6 Å². The summed E-state index contributed by atoms with van der Waals surface area (Å²) < 4.78 is 13.2. The second-order valence-electron chi connectivity index (χ2n) is 6.99. The van der Waals surface area contributed by atoms with Crippen LogP contribution >= 0.6 is 12.2 Å². The summed E-state index contributed by atoms with van der Waals surface area (Å²) in [5.74, 6) is 1.43. The van der Waals surface area contributed by atoms with Crippen molar-refractivity contribution in [1.82, 2.24) is 14.9 Å². The predicted molar refractivity (Wildman–Crippen MR) is 118 cm³/mol. The summed E-state index contributed by atoms with van der Waals surface area (Å²) in [6.07, 6.45) is 1.81. The number of thiocarbonyl (C=S) groups is 1. The van der Waals surface area contributed by atoms with Crippen molar-refractivity contribution in [1.29, 1.82) is 0 Å². The van der Waals surface area contributed by atoms with E-state index in [1.54, 1.807) is 14.2 Å². The van der Waals surface area contributed by atoms with Gasteiger partial charge in [-0.15, -0.1) is 0 Å². The molecule has 0 amide bonds. The third-order valence-electron chi connectivity index (χ3n) is 5.46. The van der Waals surface area contributed by atoms with Gasteiger partial charge in [-0.3, -0.25) is 4.98 Å². The van der Waals surface area contributed by atoms with Crippen LogP contribution in [0.5, 0.6) is 11.5 Å². The van der Waals surface area contributed by atoms with Crippen LogP contribution in [0.15, 0.2) is 54.7 Å². The largest absolute Gasteiger partial charge is 0.497 e. The number of aromatic nitrogens is 2. The van der Waals surface area contributed by atoms with Crippen molar-refractivity contribution in [2.45, 2.75) is 19.0 Å². The molecule has 0 saturated carbocycles. The van der Waals surface area contributed by atoms with Gasteiger partial charge in [-0.25, -0.2) is 0 Å². The van der Waals surface area contributed by atoms with E-state index in [1.807, 2.05) is 42.6 Å². The van der Waals surface area contributed by atoms with E-state index in [-0.39, 0.29) is 12.1 Å². The fourth-order valence-electron chi connectivity index (χ4n) is 3.83. The van der Waals surface area contributed by atoms with E-state index >= 15 is 0 Å². The van der Waals surface area contributed by atoms with Crippen molar-refractivity contribution in [3.05, 3.63) is 71.8 Å². The Balaban J connectivity index is 1.88. The van der Waals surface area contributed by atoms with Crippen molar-refractivity contribution < 1.29 is 9.47 Å². The van der Waals surface area contributed by atoms with E-state index in [4.69, 9.17) is 21.7 Å². The third-order valence-corrected chi connectivity index (χ3v) is 5.77. The maximum Gasteiger partial charge on any atom is 0.174 e. The average Bonchev–Trinajstić information content (AvgIpc) is 3.26. The number of methoxy groups -OCH3 is 2. The number of nitrogens with zero attached hydrogens (tertiary/aromatic N) is 3. The van der Waals surface area contributed by atoms with Crippen molar-refractivity contribution in [3.63, 3.8) is 0 Å². The number of anilines is 1. The summed E-state index contributed by atoms with van der Waals surface area (Å²) in [6, 6.07) is 15.8. The monoisotopic (exact) mass is 408 g/mol. The van der Waals surface area contributed by atoms with E-state index in [1.165, 1.54) is 5.69 Å². The van der Waals surface area contributed by atoms with Crippen molar-refractivity contribution in [2.75, 3.05) is 19.1 Å². The molecule has 0 aliphatic carbocycles. The average molecular weight is 409 g/mol. The molecule has 0 radical (unpaired) electrons. The zero-order chi connectivity index (χ0) is 20.5. The molecule has 1 aliphatic heterocycles. The summed E-state index contributed by atoms with van der Waals surface area (Å²) in [5.41, 5.74) is 4.14. The predicted octanol–water partition coefficient (Wildman–Crippen LogP) is 3.92. The fraction of sp³-hybridized carbons (Fsp3) is 0.273. The van der Waals surface area contributed by atoms with Crippen LogP contribution in [0, 0.1) is 6.92 Å². The minimum absolute atomic E-state index is 0.0848. The van der Waals surface area contributed by atoms with Crippen LogP contribution in [0.1, 0.15) is 29.2 Å². The number of hydrogen-bond acceptors (Lipinski definition) is 4. The minimum atomic E-state index is -0.0940. The van der Waals surface area contributed by atoms with Gasteiger partial charge in [0.2, 0.25) is 0 Å². The Bertz CT molecular complexity index is 1030. The molecule has 0 spiro atoms. The highest BCUT2D eigenvalue weighted by Gasteiger charge is 2.43. The molecular formula is C22H24N4O2S. The van der Waals surface area contributed by atoms with Gasteiger partial charge in [-0.2, -0.15) is 0 Å². The van der Waals surface area contributed by atoms with Crippen molar-refractivity contribution >= 4 is 23.0 Å². The van der Waals surface area contributed by atoms with E-state index in [2.05, 4.69) is 45.9 Å². The number of rotatable bonds is 5. The summed E-state index contributed by atoms with van der Waals surface area (Å²) in [4.78, 5) is 6.71. The van der Waals surface area contributed by atoms with Crippen molar-refractivity contribution in [3.8, 4) is 11.5 Å². The Labute approximate surface area is 176 Å². The number of aryl methyl sites for hydroxylation is 1. The van der Waals surface area contributed by atoms with Gasteiger partial charge in [0.15, 0.2) is 5.11 Å². The first-order chi connectivity index (χ1) is 14.0. The van der Waals surface area contributed by atoms with Gasteiger partial charge >= 0.3 is 0 Å². The van der Waals surface area contributed by atoms with Crippen molar-refractivity contribution in [2.24, 2.45) is 7.05 Å². The molecular weight excluding hydrogens is 384 g/mol. The smallest absolute Gasteiger partial charge is 0.174 e. The number of nitrogens with one attached hydrogen (secondary N) is 1. The molecule has 6 nitrogen and oxygen atoms in total. The molecule has 4 rings (SSSR count). The Hall–Kier alpha value is -3.06. The van der Waals surface area contributed by atoms with Crippen LogP contribution in [0.4, 0.5) is 5.69 Å². The molecule has 3 aromatic rings. The van der Waals surface area contributed by atoms with E-state index in [0.29, 0.717) is 10.9 Å². The van der Waals surface area contributed by atoms with Crippen LogP contribution < -0.4 is 19.7 Å². The van der Waals surface area contributed by atoms with Gasteiger partial charge in [0.1, 0.15) is 17.5 Å². The van der Waals surface area contributed by atoms with Gasteiger partial charge in [-0.05, 0) is 55.5 Å². The molecule has 7 heteroatoms. The Morgan fingerprint density at radius 2 is 1.90 bits per heavy atom. The first-order valence-electron chi connectivity index (χ1n) is 9.40. The van der Waals surface area contributed by atoms with Crippen LogP contribution in [0.2, 0.25) is 0 Å². The quantitative estimate of drug-likeness (QED) is 0.646. The van der Waals surface area contributed by atoms with Gasteiger partial charge in [0, 0.05) is 30.7 Å². The number of ether oxygens (including phenoxy) is 2. The van der Waals surface area contributed by atoms with Crippen LogP contribution in [-0.4, -0.2) is 28.9 Å². The second kappa shape index (κ2) is 7.75. The van der Waals surface area contributed by atoms with Gasteiger partial charge in [0.25, 0.3) is 0 Å². The number of pyridine rings is 1. The van der Waals surface area contributed by atoms with E-state index in [0.717, 1.165) is 22.8 Å². The molecule has 1 saturated heterocycles. The first-order valence-corrected chi connectivity index (χ1v) is 9.81. The molecule has 2 aromatic heterocycles. The molecule has 1 fully saturated rings. The fourth-order valence-corrected chi connectivity index (χ4v) is 4.17.